The van der Waals surface area contributed by atoms with Gasteiger partial charge in [-0.15, -0.1) is 0 Å². The Bertz CT molecular complexity index is 915. The smallest absolute Gasteiger partial charge is 0.416 e. The zero-order valence-electron chi connectivity index (χ0n) is 18.8. The number of carbonyl (C=O) groups is 1. The van der Waals surface area contributed by atoms with Crippen molar-refractivity contribution in [1.82, 2.24) is 9.88 Å². The zero-order chi connectivity index (χ0) is 23.5. The first-order chi connectivity index (χ1) is 14.9. The van der Waals surface area contributed by atoms with Gasteiger partial charge in [-0.25, -0.2) is 9.78 Å². The van der Waals surface area contributed by atoms with Crippen molar-refractivity contribution < 1.29 is 27.4 Å². The second kappa shape index (κ2) is 9.38. The lowest BCUT2D eigenvalue weighted by Crippen LogP contribution is -2.43. The first-order valence-corrected chi connectivity index (χ1v) is 10.7. The number of amides is 1. The number of hydrogen-bond acceptors (Lipinski definition) is 4. The van der Waals surface area contributed by atoms with E-state index in [0.29, 0.717) is 37.4 Å². The van der Waals surface area contributed by atoms with Crippen molar-refractivity contribution in [2.24, 2.45) is 5.92 Å². The van der Waals surface area contributed by atoms with Crippen LogP contribution in [0.4, 0.5) is 18.0 Å². The Morgan fingerprint density at radius 1 is 1.06 bits per heavy atom. The van der Waals surface area contributed by atoms with E-state index in [1.807, 2.05) is 39.8 Å². The monoisotopic (exact) mass is 450 g/mol. The van der Waals surface area contributed by atoms with Gasteiger partial charge in [-0.3, -0.25) is 0 Å². The van der Waals surface area contributed by atoms with E-state index in [0.717, 1.165) is 17.8 Å². The van der Waals surface area contributed by atoms with E-state index in [4.69, 9.17) is 9.47 Å². The average Bonchev–Trinajstić information content (AvgIpc) is 2.70. The zero-order valence-corrected chi connectivity index (χ0v) is 18.8. The number of benzene rings is 1. The summed E-state index contributed by atoms with van der Waals surface area (Å²) in [4.78, 5) is 18.4. The molecular weight excluding hydrogens is 421 g/mol. The SMILES string of the molecule is Cc1cccc(OC(c2ccc(C(F)(F)F)cc2)C2CCN(C(=O)OC(C)(C)C)CC2)n1. The number of ether oxygens (including phenoxy) is 2. The van der Waals surface area contributed by atoms with E-state index in [9.17, 15) is 18.0 Å². The third-order valence-electron chi connectivity index (χ3n) is 5.30. The van der Waals surface area contributed by atoms with Crippen LogP contribution in [-0.2, 0) is 10.9 Å². The molecule has 1 aliphatic rings. The van der Waals surface area contributed by atoms with E-state index in [-0.39, 0.29) is 12.0 Å². The van der Waals surface area contributed by atoms with Crippen LogP contribution >= 0.6 is 0 Å². The molecule has 1 fully saturated rings. The number of aromatic nitrogens is 1. The van der Waals surface area contributed by atoms with Gasteiger partial charge < -0.3 is 14.4 Å². The molecule has 0 aliphatic carbocycles. The predicted molar refractivity (Wildman–Crippen MR) is 114 cm³/mol. The van der Waals surface area contributed by atoms with E-state index in [1.54, 1.807) is 11.0 Å². The topological polar surface area (TPSA) is 51.7 Å². The van der Waals surface area contributed by atoms with Crippen LogP contribution in [0.25, 0.3) is 0 Å². The van der Waals surface area contributed by atoms with Crippen LogP contribution < -0.4 is 4.74 Å². The van der Waals surface area contributed by atoms with Gasteiger partial charge in [0.05, 0.1) is 5.56 Å². The van der Waals surface area contributed by atoms with Gasteiger partial charge >= 0.3 is 12.3 Å². The molecule has 8 heteroatoms. The first kappa shape index (κ1) is 23.9. The van der Waals surface area contributed by atoms with Crippen molar-refractivity contribution in [3.8, 4) is 5.88 Å². The lowest BCUT2D eigenvalue weighted by molar-refractivity contribution is -0.137. The first-order valence-electron chi connectivity index (χ1n) is 10.7. The van der Waals surface area contributed by atoms with Crippen LogP contribution in [0.2, 0.25) is 0 Å². The summed E-state index contributed by atoms with van der Waals surface area (Å²) in [5, 5.41) is 0. The summed E-state index contributed by atoms with van der Waals surface area (Å²) in [7, 11) is 0. The van der Waals surface area contributed by atoms with Crippen LogP contribution in [0.1, 0.15) is 56.5 Å². The van der Waals surface area contributed by atoms with Crippen LogP contribution in [0.3, 0.4) is 0 Å². The minimum absolute atomic E-state index is 0.00716. The Balaban J connectivity index is 1.78. The molecule has 1 atom stereocenters. The van der Waals surface area contributed by atoms with Crippen LogP contribution in [0.15, 0.2) is 42.5 Å². The maximum atomic E-state index is 13.0. The molecule has 1 aliphatic heterocycles. The minimum atomic E-state index is -4.40. The van der Waals surface area contributed by atoms with Crippen molar-refractivity contribution in [1.29, 1.82) is 0 Å². The molecule has 1 aromatic heterocycles. The highest BCUT2D eigenvalue weighted by atomic mass is 19.4. The highest BCUT2D eigenvalue weighted by Crippen LogP contribution is 2.36. The Hall–Kier alpha value is -2.77. The van der Waals surface area contributed by atoms with Crippen molar-refractivity contribution in [3.63, 3.8) is 0 Å². The lowest BCUT2D eigenvalue weighted by atomic mass is 9.87. The van der Waals surface area contributed by atoms with Gasteiger partial charge in [0.15, 0.2) is 0 Å². The van der Waals surface area contributed by atoms with Gasteiger partial charge in [0.25, 0.3) is 0 Å². The van der Waals surface area contributed by atoms with Crippen LogP contribution in [0, 0.1) is 12.8 Å². The van der Waals surface area contributed by atoms with E-state index >= 15 is 0 Å². The average molecular weight is 451 g/mol. The van der Waals surface area contributed by atoms with Crippen LogP contribution in [0.5, 0.6) is 5.88 Å². The molecule has 1 saturated heterocycles. The number of aryl methyl sites for hydroxylation is 1. The van der Waals surface area contributed by atoms with Gasteiger partial charge in [-0.2, -0.15) is 13.2 Å². The molecule has 3 rings (SSSR count). The number of nitrogens with zero attached hydrogens (tertiary/aromatic N) is 2. The fourth-order valence-electron chi connectivity index (χ4n) is 3.72. The van der Waals surface area contributed by atoms with Gasteiger partial charge in [0.1, 0.15) is 11.7 Å². The number of alkyl halides is 3. The predicted octanol–water partition coefficient (Wildman–Crippen LogP) is 6.18. The second-order valence-electron chi connectivity index (χ2n) is 9.08. The molecule has 0 bridgehead atoms. The Labute approximate surface area is 186 Å². The molecule has 32 heavy (non-hydrogen) atoms. The Morgan fingerprint density at radius 2 is 1.69 bits per heavy atom. The number of halogens is 3. The highest BCUT2D eigenvalue weighted by molar-refractivity contribution is 5.68. The summed E-state index contributed by atoms with van der Waals surface area (Å²) >= 11 is 0. The van der Waals surface area contributed by atoms with Crippen molar-refractivity contribution in [3.05, 3.63) is 59.3 Å². The number of hydrogen-bond donors (Lipinski definition) is 0. The molecule has 0 radical (unpaired) electrons. The quantitative estimate of drug-likeness (QED) is 0.559. The molecule has 0 N–H and O–H groups in total. The maximum Gasteiger partial charge on any atom is 0.416 e. The molecular formula is C24H29F3N2O3. The Morgan fingerprint density at radius 3 is 2.22 bits per heavy atom. The number of pyridine rings is 1. The molecule has 1 aromatic carbocycles. The number of carbonyl (C=O) groups excluding carboxylic acids is 1. The molecule has 174 valence electrons. The van der Waals surface area contributed by atoms with Gasteiger partial charge in [-0.1, -0.05) is 18.2 Å². The number of piperidine rings is 1. The molecule has 0 saturated carbocycles. The van der Waals surface area contributed by atoms with Crippen LogP contribution in [-0.4, -0.2) is 34.7 Å². The van der Waals surface area contributed by atoms with E-state index in [2.05, 4.69) is 4.98 Å². The summed E-state index contributed by atoms with van der Waals surface area (Å²) in [5.74, 6) is 0.428. The van der Waals surface area contributed by atoms with Gasteiger partial charge in [0, 0.05) is 30.8 Å². The Kier molecular flexibility index (Phi) is 7.00. The maximum absolute atomic E-state index is 13.0. The van der Waals surface area contributed by atoms with Crippen molar-refractivity contribution >= 4 is 6.09 Å². The largest absolute Gasteiger partial charge is 0.469 e. The molecule has 0 spiro atoms. The van der Waals surface area contributed by atoms with Crippen molar-refractivity contribution in [2.45, 2.75) is 58.4 Å². The summed E-state index contributed by atoms with van der Waals surface area (Å²) in [6, 6.07) is 10.5. The fraction of sp³-hybridized carbons (Fsp3) is 0.500. The van der Waals surface area contributed by atoms with Gasteiger partial charge in [0.2, 0.25) is 5.88 Å². The van der Waals surface area contributed by atoms with Gasteiger partial charge in [-0.05, 0) is 64.3 Å². The molecule has 2 aromatic rings. The molecule has 1 amide bonds. The van der Waals surface area contributed by atoms with Crippen molar-refractivity contribution in [2.75, 3.05) is 13.1 Å². The minimum Gasteiger partial charge on any atom is -0.469 e. The third-order valence-corrected chi connectivity index (χ3v) is 5.30. The van der Waals surface area contributed by atoms with E-state index < -0.39 is 23.4 Å². The summed E-state index contributed by atoms with van der Waals surface area (Å²) in [5.41, 5.74) is 0.162. The number of rotatable bonds is 4. The highest BCUT2D eigenvalue weighted by Gasteiger charge is 2.34. The lowest BCUT2D eigenvalue weighted by Gasteiger charge is -2.36. The normalized spacial score (nSPS) is 16.5. The summed E-state index contributed by atoms with van der Waals surface area (Å²) < 4.78 is 50.7. The third kappa shape index (κ3) is 6.37. The summed E-state index contributed by atoms with van der Waals surface area (Å²) in [6.07, 6.45) is -3.96. The second-order valence-corrected chi connectivity index (χ2v) is 9.08. The van der Waals surface area contributed by atoms with E-state index in [1.165, 1.54) is 12.1 Å². The molecule has 5 nitrogen and oxygen atoms in total. The fourth-order valence-corrected chi connectivity index (χ4v) is 3.72. The molecule has 2 heterocycles. The molecule has 1 unspecified atom stereocenters. The number of likely N-dealkylation sites (tertiary alicyclic amines) is 1. The standard InChI is InChI=1S/C24H29F3N2O3/c1-16-6-5-7-20(28-16)31-21(17-8-10-19(11-9-17)24(25,26)27)18-12-14-29(15-13-18)22(30)32-23(2,3)4/h5-11,18,21H,12-15H2,1-4H3. The summed E-state index contributed by atoms with van der Waals surface area (Å²) in [6.45, 7) is 8.28.